The van der Waals surface area contributed by atoms with Crippen LogP contribution in [0.25, 0.3) is 0 Å². The Balaban J connectivity index is 1.21. The molecule has 2 aliphatic carbocycles. The van der Waals surface area contributed by atoms with Crippen LogP contribution in [-0.2, 0) is 19.1 Å². The number of hydrogen-bond acceptors (Lipinski definition) is 9. The predicted octanol–water partition coefficient (Wildman–Crippen LogP) is 3.18. The number of esters is 1. The van der Waals surface area contributed by atoms with Gasteiger partial charge in [-0.2, -0.15) is 17.0 Å². The average molecular weight is 569 g/mol. The van der Waals surface area contributed by atoms with E-state index < -0.39 is 17.8 Å². The minimum absolute atomic E-state index is 0.0906. The minimum atomic E-state index is -0.605. The number of anilines is 1. The molecule has 2 saturated heterocycles. The number of carbonyl (C=O) groups is 2. The number of morpholine rings is 1. The molecule has 2 heterocycles. The summed E-state index contributed by atoms with van der Waals surface area (Å²) in [6, 6.07) is 10.4. The first-order valence-electron chi connectivity index (χ1n) is 14.5. The second-order valence-corrected chi connectivity index (χ2v) is 12.4. The van der Waals surface area contributed by atoms with Crippen LogP contribution in [0.1, 0.15) is 26.2 Å². The maximum atomic E-state index is 13.7. The molecule has 5 rings (SSSR count). The van der Waals surface area contributed by atoms with E-state index in [1.165, 1.54) is 6.08 Å². The van der Waals surface area contributed by atoms with Gasteiger partial charge in [0.15, 0.2) is 0 Å². The smallest absolute Gasteiger partial charge is 0.312 e. The van der Waals surface area contributed by atoms with E-state index in [-0.39, 0.29) is 41.0 Å². The van der Waals surface area contributed by atoms with Gasteiger partial charge in [0, 0.05) is 54.5 Å². The molecule has 4 aliphatic rings. The first kappa shape index (κ1) is 28.8. The summed E-state index contributed by atoms with van der Waals surface area (Å²) in [5.41, 5.74) is 1.01. The Morgan fingerprint density at radius 3 is 2.90 bits per heavy atom. The summed E-state index contributed by atoms with van der Waals surface area (Å²) < 4.78 is 16.8. The molecule has 40 heavy (non-hydrogen) atoms. The number of fused-ring (bicyclic) bond motifs is 2. The van der Waals surface area contributed by atoms with E-state index in [0.717, 1.165) is 63.5 Å². The fourth-order valence-electron chi connectivity index (χ4n) is 6.55. The second-order valence-electron chi connectivity index (χ2n) is 10.9. The summed E-state index contributed by atoms with van der Waals surface area (Å²) in [6.07, 6.45) is 4.01. The Kier molecular flexibility index (Phi) is 9.56. The first-order valence-corrected chi connectivity index (χ1v) is 15.4. The van der Waals surface area contributed by atoms with Gasteiger partial charge in [-0.05, 0) is 38.3 Å². The second kappa shape index (κ2) is 13.3. The molecule has 2 aliphatic heterocycles. The highest BCUT2D eigenvalue weighted by molar-refractivity contribution is 8.00. The Morgan fingerprint density at radius 2 is 2.15 bits per heavy atom. The maximum absolute atomic E-state index is 13.7. The van der Waals surface area contributed by atoms with Gasteiger partial charge in [0.25, 0.3) is 0 Å². The molecule has 10 heteroatoms. The monoisotopic (exact) mass is 568 g/mol. The van der Waals surface area contributed by atoms with Crippen molar-refractivity contribution in [1.82, 2.24) is 9.80 Å². The summed E-state index contributed by atoms with van der Waals surface area (Å²) >= 11 is 1.74. The fraction of sp³-hybridized carbons (Fsp3) is 0.633. The van der Waals surface area contributed by atoms with Gasteiger partial charge in [-0.3, -0.25) is 14.5 Å². The number of benzene rings is 1. The number of rotatable bonds is 10. The Hall–Kier alpha value is -2.74. The molecule has 0 bridgehead atoms. The third-order valence-corrected chi connectivity index (χ3v) is 10.4. The molecule has 0 radical (unpaired) electrons. The van der Waals surface area contributed by atoms with Crippen molar-refractivity contribution in [1.29, 1.82) is 5.26 Å². The topological polar surface area (TPSA) is 104 Å². The number of ether oxygens (including phenoxy) is 3. The molecule has 1 N–H and O–H groups in total. The Bertz CT molecular complexity index is 1110. The summed E-state index contributed by atoms with van der Waals surface area (Å²) in [5.74, 6) is -0.629. The lowest BCUT2D eigenvalue weighted by atomic mass is 9.68. The lowest BCUT2D eigenvalue weighted by molar-refractivity contribution is -0.160. The van der Waals surface area contributed by atoms with E-state index in [0.29, 0.717) is 13.2 Å². The molecule has 1 aromatic rings. The Labute approximate surface area is 241 Å². The zero-order valence-corrected chi connectivity index (χ0v) is 24.0. The molecule has 1 amide bonds. The predicted molar refractivity (Wildman–Crippen MR) is 154 cm³/mol. The molecule has 216 valence electrons. The van der Waals surface area contributed by atoms with Gasteiger partial charge in [0.1, 0.15) is 19.0 Å². The van der Waals surface area contributed by atoms with Gasteiger partial charge in [-0.1, -0.05) is 18.7 Å². The quantitative estimate of drug-likeness (QED) is 0.337. The minimum Gasteiger partial charge on any atom is -0.492 e. The molecule has 4 fully saturated rings. The molecule has 0 aromatic heterocycles. The highest BCUT2D eigenvalue weighted by Gasteiger charge is 2.62. The fourth-order valence-corrected chi connectivity index (χ4v) is 8.62. The van der Waals surface area contributed by atoms with Crippen LogP contribution in [0.2, 0.25) is 0 Å². The molecular formula is C30H40N4O5S. The van der Waals surface area contributed by atoms with Gasteiger partial charge in [0.05, 0.1) is 43.1 Å². The molecular weight excluding hydrogens is 528 g/mol. The average Bonchev–Trinajstić information content (AvgIpc) is 3.06. The molecule has 7 atom stereocenters. The van der Waals surface area contributed by atoms with E-state index in [4.69, 9.17) is 14.2 Å². The van der Waals surface area contributed by atoms with Gasteiger partial charge in [-0.25, -0.2) is 0 Å². The van der Waals surface area contributed by atoms with Crippen LogP contribution in [0.3, 0.4) is 0 Å². The van der Waals surface area contributed by atoms with Crippen LogP contribution in [0.5, 0.6) is 5.75 Å². The number of nitrogens with zero attached hydrogens (tertiary/aromatic N) is 3. The largest absolute Gasteiger partial charge is 0.492 e. The van der Waals surface area contributed by atoms with Gasteiger partial charge in [-0.15, -0.1) is 0 Å². The highest BCUT2D eigenvalue weighted by Crippen LogP contribution is 2.53. The first-order chi connectivity index (χ1) is 19.5. The van der Waals surface area contributed by atoms with E-state index in [1.807, 2.05) is 30.0 Å². The van der Waals surface area contributed by atoms with Gasteiger partial charge < -0.3 is 24.4 Å². The number of hydrogen-bond donors (Lipinski definition) is 1. The summed E-state index contributed by atoms with van der Waals surface area (Å²) in [5, 5.41) is 13.6. The van der Waals surface area contributed by atoms with Crippen LogP contribution in [0, 0.1) is 29.1 Å². The number of amides is 1. The van der Waals surface area contributed by atoms with Crippen molar-refractivity contribution in [2.24, 2.45) is 17.8 Å². The van der Waals surface area contributed by atoms with Crippen LogP contribution < -0.4 is 10.1 Å². The zero-order chi connectivity index (χ0) is 28.1. The van der Waals surface area contributed by atoms with Crippen molar-refractivity contribution < 1.29 is 23.8 Å². The Morgan fingerprint density at radius 1 is 1.32 bits per heavy atom. The molecule has 1 aromatic carbocycles. The highest BCUT2D eigenvalue weighted by atomic mass is 32.2. The van der Waals surface area contributed by atoms with Crippen molar-refractivity contribution in [3.05, 3.63) is 36.9 Å². The zero-order valence-electron chi connectivity index (χ0n) is 23.2. The van der Waals surface area contributed by atoms with Crippen molar-refractivity contribution in [2.45, 2.75) is 48.8 Å². The summed E-state index contributed by atoms with van der Waals surface area (Å²) in [7, 11) is 0. The lowest BCUT2D eigenvalue weighted by Crippen LogP contribution is -2.65. The van der Waals surface area contributed by atoms with Gasteiger partial charge >= 0.3 is 5.97 Å². The van der Waals surface area contributed by atoms with Gasteiger partial charge in [0.2, 0.25) is 5.91 Å². The third-order valence-electron chi connectivity index (χ3n) is 8.62. The van der Waals surface area contributed by atoms with E-state index in [1.54, 1.807) is 11.8 Å². The van der Waals surface area contributed by atoms with Crippen molar-refractivity contribution in [3.8, 4) is 11.8 Å². The number of thioether (sulfide) groups is 1. The SMILES string of the molecule is C=CCOC(=O)C1C(C#N)C2SC3C[C@@H](Nc4cccc(OCCN5CCOCC5)c4)CCC3C(=O)N(CC)C21. The molecule has 6 unspecified atom stereocenters. The van der Waals surface area contributed by atoms with Crippen LogP contribution in [0.4, 0.5) is 5.69 Å². The van der Waals surface area contributed by atoms with E-state index in [2.05, 4.69) is 28.9 Å². The normalized spacial score (nSPS) is 31.9. The van der Waals surface area contributed by atoms with Crippen LogP contribution in [0.15, 0.2) is 36.9 Å². The standard InChI is InChI=1S/C30H40N4O5S/c1-3-13-39-30(36)26-24(19-31)28-27(26)34(4-2)29(35)23-9-8-21(18-25(23)40-28)32-20-6-5-7-22(17-20)38-16-12-33-10-14-37-15-11-33/h3,5-7,17,21,23-28,32H,1,4,8-16,18H2,2H3/t21-,23?,24?,25?,26?,27?,28?/m0/s1. The number of nitrogens with one attached hydrogen (secondary N) is 1. The van der Waals surface area contributed by atoms with E-state index >= 15 is 0 Å². The number of carbonyl (C=O) groups excluding carboxylic acids is 2. The maximum Gasteiger partial charge on any atom is 0.312 e. The molecule has 2 saturated carbocycles. The van der Waals surface area contributed by atoms with Crippen LogP contribution in [-0.4, -0.2) is 96.9 Å². The molecule has 9 nitrogen and oxygen atoms in total. The molecule has 0 spiro atoms. The van der Waals surface area contributed by atoms with Crippen molar-refractivity contribution >= 4 is 29.3 Å². The van der Waals surface area contributed by atoms with Crippen molar-refractivity contribution in [2.75, 3.05) is 57.9 Å². The summed E-state index contributed by atoms with van der Waals surface area (Å²) in [4.78, 5) is 30.8. The summed E-state index contributed by atoms with van der Waals surface area (Å²) in [6.45, 7) is 11.2. The lowest BCUT2D eigenvalue weighted by Gasteiger charge is -2.50. The number of nitriles is 1. The van der Waals surface area contributed by atoms with Crippen LogP contribution >= 0.6 is 11.8 Å². The third kappa shape index (κ3) is 6.12. The van der Waals surface area contributed by atoms with Crippen molar-refractivity contribution in [3.63, 3.8) is 0 Å². The van der Waals surface area contributed by atoms with E-state index in [9.17, 15) is 14.9 Å².